The van der Waals surface area contributed by atoms with Gasteiger partial charge in [0.05, 0.1) is 6.61 Å². The van der Waals surface area contributed by atoms with Crippen LogP contribution in [0.15, 0.2) is 12.1 Å². The Hall–Kier alpha value is -1.69. The van der Waals surface area contributed by atoms with Crippen molar-refractivity contribution >= 4 is 11.7 Å². The van der Waals surface area contributed by atoms with E-state index in [-0.39, 0.29) is 11.6 Å². The second-order valence-corrected chi connectivity index (χ2v) is 4.07. The molecule has 0 aliphatic carbocycles. The summed E-state index contributed by atoms with van der Waals surface area (Å²) in [5.41, 5.74) is 5.62. The van der Waals surface area contributed by atoms with Crippen LogP contribution >= 0.6 is 0 Å². The van der Waals surface area contributed by atoms with Gasteiger partial charge in [0.25, 0.3) is 5.91 Å². The molecule has 1 aromatic rings. The number of rotatable bonds is 6. The zero-order valence-corrected chi connectivity index (χ0v) is 10.1. The number of hydrogen-bond acceptors (Lipinski definition) is 5. The van der Waals surface area contributed by atoms with E-state index in [9.17, 15) is 4.79 Å². The molecule has 0 bridgehead atoms. The van der Waals surface area contributed by atoms with Crippen LogP contribution in [-0.4, -0.2) is 35.9 Å². The summed E-state index contributed by atoms with van der Waals surface area (Å²) >= 11 is 0. The normalized spacial score (nSPS) is 10.5. The van der Waals surface area contributed by atoms with E-state index in [1.165, 1.54) is 12.1 Å². The highest BCUT2D eigenvalue weighted by Crippen LogP contribution is 1.96. The van der Waals surface area contributed by atoms with Crippen molar-refractivity contribution in [2.45, 2.75) is 13.8 Å². The fourth-order valence-corrected chi connectivity index (χ4v) is 1.11. The van der Waals surface area contributed by atoms with Crippen LogP contribution in [-0.2, 0) is 4.74 Å². The second-order valence-electron chi connectivity index (χ2n) is 4.07. The Morgan fingerprint density at radius 2 is 2.24 bits per heavy atom. The van der Waals surface area contributed by atoms with Crippen LogP contribution in [0.5, 0.6) is 0 Å². The lowest BCUT2D eigenvalue weighted by molar-refractivity contribution is 0.0881. The highest BCUT2D eigenvalue weighted by Gasteiger charge is 2.06. The molecule has 3 N–H and O–H groups in total. The van der Waals surface area contributed by atoms with Crippen LogP contribution in [0.25, 0.3) is 0 Å². The molecule has 6 heteroatoms. The molecule has 6 nitrogen and oxygen atoms in total. The van der Waals surface area contributed by atoms with Crippen molar-refractivity contribution in [1.82, 2.24) is 15.5 Å². The molecule has 0 saturated carbocycles. The van der Waals surface area contributed by atoms with Crippen molar-refractivity contribution < 1.29 is 9.53 Å². The zero-order chi connectivity index (χ0) is 12.7. The molecule has 0 aliphatic heterocycles. The van der Waals surface area contributed by atoms with Gasteiger partial charge in [0.2, 0.25) is 0 Å². The van der Waals surface area contributed by atoms with Crippen LogP contribution in [0.2, 0.25) is 0 Å². The fraction of sp³-hybridized carbons (Fsp3) is 0.545. The largest absolute Gasteiger partial charge is 0.382 e. The number of aromatic nitrogens is 2. The van der Waals surface area contributed by atoms with Gasteiger partial charge in [0.1, 0.15) is 5.82 Å². The third kappa shape index (κ3) is 5.26. The van der Waals surface area contributed by atoms with Crippen LogP contribution in [0.3, 0.4) is 0 Å². The van der Waals surface area contributed by atoms with Crippen molar-refractivity contribution in [3.63, 3.8) is 0 Å². The second kappa shape index (κ2) is 6.80. The standard InChI is InChI=1S/C11H18N4O2/c1-8(2)7-17-6-5-13-11(16)9-3-4-10(12)15-14-9/h3-4,8H,5-7H2,1-2H3,(H2,12,15)(H,13,16). The minimum Gasteiger partial charge on any atom is -0.382 e. The van der Waals surface area contributed by atoms with Crippen LogP contribution < -0.4 is 11.1 Å². The number of carbonyl (C=O) groups excluding carboxylic acids is 1. The molecule has 1 heterocycles. The molecule has 0 aromatic carbocycles. The van der Waals surface area contributed by atoms with Crippen molar-refractivity contribution in [3.8, 4) is 0 Å². The predicted octanol–water partition coefficient (Wildman–Crippen LogP) is 0.461. The zero-order valence-electron chi connectivity index (χ0n) is 10.1. The molecule has 0 unspecified atom stereocenters. The van der Waals surface area contributed by atoms with E-state index in [0.717, 1.165) is 0 Å². The summed E-state index contributed by atoms with van der Waals surface area (Å²) < 4.78 is 5.33. The SMILES string of the molecule is CC(C)COCCNC(=O)c1ccc(N)nn1. The minimum absolute atomic E-state index is 0.253. The quantitative estimate of drug-likeness (QED) is 0.703. The first-order valence-electron chi connectivity index (χ1n) is 5.54. The summed E-state index contributed by atoms with van der Waals surface area (Å²) in [5, 5.41) is 9.97. The summed E-state index contributed by atoms with van der Waals surface area (Å²) in [6.45, 7) is 5.78. The summed E-state index contributed by atoms with van der Waals surface area (Å²) in [6.07, 6.45) is 0. The van der Waals surface area contributed by atoms with Crippen molar-refractivity contribution in [1.29, 1.82) is 0 Å². The van der Waals surface area contributed by atoms with E-state index in [1.807, 2.05) is 0 Å². The molecule has 1 aromatic heterocycles. The highest BCUT2D eigenvalue weighted by molar-refractivity contribution is 5.92. The third-order valence-corrected chi connectivity index (χ3v) is 1.90. The Balaban J connectivity index is 2.23. The maximum absolute atomic E-state index is 11.5. The fourth-order valence-electron chi connectivity index (χ4n) is 1.11. The molecule has 0 aliphatic rings. The number of carbonyl (C=O) groups is 1. The molecule has 0 saturated heterocycles. The van der Waals surface area contributed by atoms with E-state index in [2.05, 4.69) is 29.4 Å². The van der Waals surface area contributed by atoms with Crippen LogP contribution in [0.4, 0.5) is 5.82 Å². The molecule has 0 radical (unpaired) electrons. The van der Waals surface area contributed by atoms with Gasteiger partial charge in [-0.05, 0) is 18.1 Å². The van der Waals surface area contributed by atoms with Crippen molar-refractivity contribution in [3.05, 3.63) is 17.8 Å². The number of anilines is 1. The molecule has 1 rings (SSSR count). The Morgan fingerprint density at radius 3 is 2.82 bits per heavy atom. The lowest BCUT2D eigenvalue weighted by atomic mass is 10.2. The summed E-state index contributed by atoms with van der Waals surface area (Å²) in [4.78, 5) is 11.5. The van der Waals surface area contributed by atoms with Crippen molar-refractivity contribution in [2.24, 2.45) is 5.92 Å². The summed E-state index contributed by atoms with van der Waals surface area (Å²) in [7, 11) is 0. The van der Waals surface area contributed by atoms with E-state index in [4.69, 9.17) is 10.5 Å². The van der Waals surface area contributed by atoms with Gasteiger partial charge in [-0.3, -0.25) is 4.79 Å². The number of nitrogen functional groups attached to an aromatic ring is 1. The first-order valence-corrected chi connectivity index (χ1v) is 5.54. The van der Waals surface area contributed by atoms with E-state index in [0.29, 0.717) is 31.5 Å². The number of hydrogen-bond donors (Lipinski definition) is 2. The Labute approximate surface area is 101 Å². The molecule has 1 amide bonds. The number of nitrogens with two attached hydrogens (primary N) is 1. The molecule has 0 spiro atoms. The number of nitrogens with zero attached hydrogens (tertiary/aromatic N) is 2. The molecule has 17 heavy (non-hydrogen) atoms. The summed E-state index contributed by atoms with van der Waals surface area (Å²) in [5.74, 6) is 0.515. The third-order valence-electron chi connectivity index (χ3n) is 1.90. The molecular formula is C11H18N4O2. The van der Waals surface area contributed by atoms with Crippen LogP contribution in [0.1, 0.15) is 24.3 Å². The molecular weight excluding hydrogens is 220 g/mol. The Kier molecular flexibility index (Phi) is 5.35. The smallest absolute Gasteiger partial charge is 0.271 e. The predicted molar refractivity (Wildman–Crippen MR) is 64.4 cm³/mol. The Bertz CT molecular complexity index is 351. The van der Waals surface area contributed by atoms with Gasteiger partial charge in [-0.1, -0.05) is 13.8 Å². The van der Waals surface area contributed by atoms with Gasteiger partial charge in [-0.2, -0.15) is 0 Å². The maximum Gasteiger partial charge on any atom is 0.271 e. The monoisotopic (exact) mass is 238 g/mol. The van der Waals surface area contributed by atoms with Gasteiger partial charge in [-0.15, -0.1) is 10.2 Å². The molecule has 0 atom stereocenters. The van der Waals surface area contributed by atoms with Gasteiger partial charge in [0, 0.05) is 13.2 Å². The number of ether oxygens (including phenoxy) is 1. The first-order chi connectivity index (χ1) is 8.09. The van der Waals surface area contributed by atoms with E-state index >= 15 is 0 Å². The maximum atomic E-state index is 11.5. The minimum atomic E-state index is -0.273. The van der Waals surface area contributed by atoms with Gasteiger partial charge >= 0.3 is 0 Å². The van der Waals surface area contributed by atoms with Gasteiger partial charge in [0.15, 0.2) is 5.69 Å². The average Bonchev–Trinajstić information content (AvgIpc) is 2.29. The highest BCUT2D eigenvalue weighted by atomic mass is 16.5. The lowest BCUT2D eigenvalue weighted by Gasteiger charge is -2.07. The van der Waals surface area contributed by atoms with Gasteiger partial charge < -0.3 is 15.8 Å². The number of nitrogens with one attached hydrogen (secondary N) is 1. The first kappa shape index (κ1) is 13.4. The lowest BCUT2D eigenvalue weighted by Crippen LogP contribution is -2.28. The number of amides is 1. The van der Waals surface area contributed by atoms with E-state index in [1.54, 1.807) is 0 Å². The molecule has 94 valence electrons. The van der Waals surface area contributed by atoms with E-state index < -0.39 is 0 Å². The summed E-state index contributed by atoms with van der Waals surface area (Å²) in [6, 6.07) is 3.07. The average molecular weight is 238 g/mol. The van der Waals surface area contributed by atoms with Crippen LogP contribution in [0, 0.1) is 5.92 Å². The Morgan fingerprint density at radius 1 is 1.47 bits per heavy atom. The topological polar surface area (TPSA) is 90.1 Å². The molecule has 0 fully saturated rings. The van der Waals surface area contributed by atoms with Gasteiger partial charge in [-0.25, -0.2) is 0 Å². The van der Waals surface area contributed by atoms with Crippen molar-refractivity contribution in [2.75, 3.05) is 25.5 Å².